The number of Topliss-reactive ketones (excluding diaryl/α,β-unsaturated/α-hetero) is 1. The second-order valence-electron chi connectivity index (χ2n) is 7.67. The van der Waals surface area contributed by atoms with Crippen LogP contribution < -0.4 is 0 Å². The summed E-state index contributed by atoms with van der Waals surface area (Å²) in [6, 6.07) is 3.01. The Morgan fingerprint density at radius 3 is 2.64 bits per heavy atom. The molecule has 4 rings (SSSR count). The number of benzene rings is 1. The Bertz CT molecular complexity index is 857. The molecule has 0 spiro atoms. The van der Waals surface area contributed by atoms with Crippen LogP contribution in [-0.4, -0.2) is 62.3 Å². The normalized spacial score (nSPS) is 32.3. The highest BCUT2D eigenvalue weighted by Crippen LogP contribution is 2.47. The van der Waals surface area contributed by atoms with Crippen LogP contribution in [0.2, 0.25) is 0 Å². The predicted molar refractivity (Wildman–Crippen MR) is 98.9 cm³/mol. The molecule has 5 N–H and O–H groups in total. The van der Waals surface area contributed by atoms with E-state index >= 15 is 0 Å². The topological polar surface area (TPSA) is 127 Å². The number of phenolic OH excluding ortho intramolecular Hbond substituents is 1. The lowest BCUT2D eigenvalue weighted by Gasteiger charge is -2.41. The fourth-order valence-corrected chi connectivity index (χ4v) is 4.63. The number of carbonyl (C=O) groups is 1. The molecule has 1 aliphatic heterocycles. The minimum absolute atomic E-state index is 0.0968. The van der Waals surface area contributed by atoms with Crippen molar-refractivity contribution in [1.29, 1.82) is 0 Å². The first-order valence-corrected chi connectivity index (χ1v) is 9.49. The molecular formula is C21H24O7. The Balaban J connectivity index is 1.90. The van der Waals surface area contributed by atoms with Gasteiger partial charge in [0.1, 0.15) is 5.75 Å². The molecule has 28 heavy (non-hydrogen) atoms. The van der Waals surface area contributed by atoms with Crippen LogP contribution in [0.1, 0.15) is 46.7 Å². The molecule has 7 heteroatoms. The van der Waals surface area contributed by atoms with Crippen LogP contribution in [-0.2, 0) is 11.3 Å². The maximum Gasteiger partial charge on any atom is 0.195 e. The summed E-state index contributed by atoms with van der Waals surface area (Å²) in [4.78, 5) is 13.1. The summed E-state index contributed by atoms with van der Waals surface area (Å²) in [6.07, 6.45) is 1.73. The van der Waals surface area contributed by atoms with Gasteiger partial charge in [-0.3, -0.25) is 4.79 Å². The Hall–Kier alpha value is -2.03. The molecule has 3 unspecified atom stereocenters. The van der Waals surface area contributed by atoms with Gasteiger partial charge in [0.2, 0.25) is 0 Å². The summed E-state index contributed by atoms with van der Waals surface area (Å²) >= 11 is 0. The third-order valence-corrected chi connectivity index (χ3v) is 5.82. The average Bonchev–Trinajstić information content (AvgIpc) is 2.67. The van der Waals surface area contributed by atoms with Gasteiger partial charge in [-0.1, -0.05) is 18.2 Å². The third kappa shape index (κ3) is 3.09. The van der Waals surface area contributed by atoms with E-state index in [-0.39, 0.29) is 30.1 Å². The van der Waals surface area contributed by atoms with E-state index in [9.17, 15) is 30.3 Å². The van der Waals surface area contributed by atoms with Gasteiger partial charge in [-0.2, -0.15) is 0 Å². The molecule has 1 heterocycles. The van der Waals surface area contributed by atoms with Crippen LogP contribution in [0, 0.1) is 0 Å². The first-order chi connectivity index (χ1) is 13.4. The predicted octanol–water partition coefficient (Wildman–Crippen LogP) is 0.683. The highest BCUT2D eigenvalue weighted by atomic mass is 16.5. The zero-order valence-electron chi connectivity index (χ0n) is 15.3. The number of aliphatic hydroxyl groups is 4. The minimum atomic E-state index is -0.984. The van der Waals surface area contributed by atoms with E-state index in [0.717, 1.165) is 0 Å². The summed E-state index contributed by atoms with van der Waals surface area (Å²) in [5.41, 5.74) is 1.88. The van der Waals surface area contributed by atoms with E-state index in [1.807, 2.05) is 0 Å². The van der Waals surface area contributed by atoms with Gasteiger partial charge in [0.05, 0.1) is 43.2 Å². The monoisotopic (exact) mass is 388 g/mol. The van der Waals surface area contributed by atoms with E-state index < -0.39 is 36.1 Å². The van der Waals surface area contributed by atoms with Gasteiger partial charge in [0, 0.05) is 24.3 Å². The maximum atomic E-state index is 13.1. The van der Waals surface area contributed by atoms with Gasteiger partial charge in [0.25, 0.3) is 0 Å². The van der Waals surface area contributed by atoms with Gasteiger partial charge in [-0.15, -0.1) is 0 Å². The Kier molecular flexibility index (Phi) is 5.11. The zero-order valence-corrected chi connectivity index (χ0v) is 15.3. The summed E-state index contributed by atoms with van der Waals surface area (Å²) < 4.78 is 6.02. The van der Waals surface area contributed by atoms with E-state index in [1.54, 1.807) is 18.2 Å². The summed E-state index contributed by atoms with van der Waals surface area (Å²) in [5.74, 6) is -1.20. The summed E-state index contributed by atoms with van der Waals surface area (Å²) in [5, 5.41) is 50.3. The highest BCUT2D eigenvalue weighted by Gasteiger charge is 2.44. The lowest BCUT2D eigenvalue weighted by Crippen LogP contribution is -2.43. The first-order valence-electron chi connectivity index (χ1n) is 9.49. The SMILES string of the molecule is O=C1C2=C(C=CCC2O)C([C@H]2C[C@@H](O)CC(CO)O2)c2cc(CO)cc(O)c21. The van der Waals surface area contributed by atoms with E-state index in [0.29, 0.717) is 36.0 Å². The molecule has 3 aliphatic rings. The Morgan fingerprint density at radius 1 is 1.14 bits per heavy atom. The van der Waals surface area contributed by atoms with E-state index in [4.69, 9.17) is 4.74 Å². The van der Waals surface area contributed by atoms with Crippen molar-refractivity contribution in [3.8, 4) is 5.75 Å². The number of ketones is 1. The lowest BCUT2D eigenvalue weighted by molar-refractivity contribution is -0.116. The average molecular weight is 388 g/mol. The van der Waals surface area contributed by atoms with Crippen LogP contribution in [0.25, 0.3) is 0 Å². The van der Waals surface area contributed by atoms with Crippen LogP contribution in [0.4, 0.5) is 0 Å². The number of rotatable bonds is 3. The summed E-state index contributed by atoms with van der Waals surface area (Å²) in [7, 11) is 0. The number of phenols is 1. The molecule has 0 radical (unpaired) electrons. The van der Waals surface area contributed by atoms with Crippen LogP contribution in [0.5, 0.6) is 5.75 Å². The Labute approximate surface area is 162 Å². The van der Waals surface area contributed by atoms with Crippen molar-refractivity contribution < 1.29 is 35.1 Å². The summed E-state index contributed by atoms with van der Waals surface area (Å²) in [6.45, 7) is -0.544. The molecule has 150 valence electrons. The van der Waals surface area contributed by atoms with Crippen LogP contribution in [0.15, 0.2) is 35.4 Å². The van der Waals surface area contributed by atoms with Crippen molar-refractivity contribution in [2.24, 2.45) is 0 Å². The lowest BCUT2D eigenvalue weighted by atomic mass is 9.69. The van der Waals surface area contributed by atoms with Gasteiger partial charge >= 0.3 is 0 Å². The number of hydrogen-bond donors (Lipinski definition) is 5. The molecule has 2 aliphatic carbocycles. The van der Waals surface area contributed by atoms with Crippen molar-refractivity contribution in [2.45, 2.75) is 56.2 Å². The number of allylic oxidation sites excluding steroid dienone is 1. The minimum Gasteiger partial charge on any atom is -0.507 e. The van der Waals surface area contributed by atoms with E-state index in [2.05, 4.69) is 0 Å². The second-order valence-corrected chi connectivity index (χ2v) is 7.67. The van der Waals surface area contributed by atoms with Gasteiger partial charge in [-0.05, 0) is 29.2 Å². The van der Waals surface area contributed by atoms with Crippen molar-refractivity contribution in [3.05, 3.63) is 52.1 Å². The number of carbonyl (C=O) groups excluding carboxylic acids is 1. The van der Waals surface area contributed by atoms with Crippen molar-refractivity contribution in [3.63, 3.8) is 0 Å². The van der Waals surface area contributed by atoms with Crippen molar-refractivity contribution in [1.82, 2.24) is 0 Å². The number of fused-ring (bicyclic) bond motifs is 1. The first kappa shape index (κ1) is 19.3. The zero-order chi connectivity index (χ0) is 20.0. The molecule has 1 fully saturated rings. The van der Waals surface area contributed by atoms with Gasteiger partial charge in [0.15, 0.2) is 5.78 Å². The quantitative estimate of drug-likeness (QED) is 0.515. The van der Waals surface area contributed by atoms with Crippen LogP contribution >= 0.6 is 0 Å². The maximum absolute atomic E-state index is 13.1. The standard InChI is InChI=1S/C21H24O7/c22-8-10-4-14-18(17-7-11(24)6-12(9-23)28-17)13-2-1-3-15(25)19(13)21(27)20(14)16(26)5-10/h1-2,4-5,11-12,15,17-18,22-26H,3,6-9H2/t11-,12?,15?,17+,18?/m0/s1. The number of ether oxygens (including phenoxy) is 1. The third-order valence-electron chi connectivity index (χ3n) is 5.82. The number of aliphatic hydroxyl groups excluding tert-OH is 4. The second kappa shape index (κ2) is 7.42. The molecule has 1 aromatic rings. The largest absolute Gasteiger partial charge is 0.507 e. The molecular weight excluding hydrogens is 364 g/mol. The molecule has 5 atom stereocenters. The molecule has 1 saturated heterocycles. The van der Waals surface area contributed by atoms with Crippen molar-refractivity contribution >= 4 is 5.78 Å². The van der Waals surface area contributed by atoms with Gasteiger partial charge < -0.3 is 30.3 Å². The smallest absolute Gasteiger partial charge is 0.195 e. The molecule has 0 aromatic heterocycles. The van der Waals surface area contributed by atoms with Crippen LogP contribution in [0.3, 0.4) is 0 Å². The molecule has 1 aromatic carbocycles. The van der Waals surface area contributed by atoms with Crippen molar-refractivity contribution in [2.75, 3.05) is 6.61 Å². The molecule has 0 saturated carbocycles. The van der Waals surface area contributed by atoms with E-state index in [1.165, 1.54) is 6.07 Å². The molecule has 7 nitrogen and oxygen atoms in total. The number of hydrogen-bond acceptors (Lipinski definition) is 7. The number of aromatic hydroxyl groups is 1. The fourth-order valence-electron chi connectivity index (χ4n) is 4.63. The molecule has 0 amide bonds. The van der Waals surface area contributed by atoms with Gasteiger partial charge in [-0.25, -0.2) is 0 Å². The highest BCUT2D eigenvalue weighted by molar-refractivity contribution is 6.14. The fraction of sp³-hybridized carbons (Fsp3) is 0.476. The Morgan fingerprint density at radius 2 is 1.93 bits per heavy atom. The molecule has 0 bridgehead atoms.